The first-order valence-corrected chi connectivity index (χ1v) is 9.22. The summed E-state index contributed by atoms with van der Waals surface area (Å²) in [4.78, 5) is 0. The molecule has 1 aliphatic carbocycles. The molecule has 1 aromatic carbocycles. The Morgan fingerprint density at radius 3 is 2.81 bits per heavy atom. The van der Waals surface area contributed by atoms with Crippen LogP contribution in [-0.4, -0.2) is 33.7 Å². The molecule has 1 aromatic rings. The van der Waals surface area contributed by atoms with E-state index in [0.717, 1.165) is 29.3 Å². The highest BCUT2D eigenvalue weighted by atomic mass is 35.5. The van der Waals surface area contributed by atoms with Gasteiger partial charge >= 0.3 is 0 Å². The van der Waals surface area contributed by atoms with Gasteiger partial charge in [0.2, 0.25) is 5.70 Å². The number of nitrogens with one attached hydrogen (secondary N) is 2. The van der Waals surface area contributed by atoms with Gasteiger partial charge in [0.1, 0.15) is 5.82 Å². The number of allylic oxidation sites excluding steroid dienone is 1. The Kier molecular flexibility index (Phi) is 5.58. The molecule has 0 radical (unpaired) electrons. The van der Waals surface area contributed by atoms with E-state index in [4.69, 9.17) is 17.0 Å². The molecule has 3 rings (SSSR count). The number of nitrogens with zero attached hydrogens (tertiary/aromatic N) is 1. The van der Waals surface area contributed by atoms with Crippen LogP contribution in [0.4, 0.5) is 4.39 Å². The van der Waals surface area contributed by atoms with E-state index in [-0.39, 0.29) is 5.82 Å². The van der Waals surface area contributed by atoms with Gasteiger partial charge in [-0.2, -0.15) is 4.58 Å². The normalized spacial score (nSPS) is 18.3. The molecule has 4 nitrogen and oxygen atoms in total. The van der Waals surface area contributed by atoms with Crippen molar-refractivity contribution < 1.29 is 14.1 Å². The quantitative estimate of drug-likeness (QED) is 0.477. The molecule has 2 aliphatic rings. The van der Waals surface area contributed by atoms with Gasteiger partial charge in [0, 0.05) is 18.5 Å². The van der Waals surface area contributed by atoms with Crippen molar-refractivity contribution in [3.63, 3.8) is 0 Å². The number of halogens is 2. The Bertz CT molecular complexity index is 822. The number of hydrogen-bond donors (Lipinski definition) is 3. The van der Waals surface area contributed by atoms with E-state index in [2.05, 4.69) is 5.32 Å². The monoisotopic (exact) mass is 376 g/mol. The number of aliphatic hydroxyl groups is 1. The Balaban J connectivity index is 1.79. The molecule has 0 aromatic heterocycles. The Morgan fingerprint density at radius 1 is 1.50 bits per heavy atom. The van der Waals surface area contributed by atoms with Gasteiger partial charge in [0.25, 0.3) is 5.17 Å². The van der Waals surface area contributed by atoms with Crippen LogP contribution in [0.5, 0.6) is 0 Å². The lowest BCUT2D eigenvalue weighted by Crippen LogP contribution is -2.29. The highest BCUT2D eigenvalue weighted by molar-refractivity contribution is 6.68. The zero-order valence-electron chi connectivity index (χ0n) is 15.0. The van der Waals surface area contributed by atoms with Crippen molar-refractivity contribution in [3.8, 4) is 0 Å². The maximum absolute atomic E-state index is 13.6. The molecule has 1 heterocycles. The summed E-state index contributed by atoms with van der Waals surface area (Å²) in [6.07, 6.45) is 5.44. The number of rotatable bonds is 8. The molecule has 6 heteroatoms. The second-order valence-corrected chi connectivity index (χ2v) is 7.38. The van der Waals surface area contributed by atoms with Crippen molar-refractivity contribution in [1.29, 1.82) is 5.41 Å². The molecule has 0 amide bonds. The minimum absolute atomic E-state index is 0.383. The number of aliphatic hydroxyl groups excluding tert-OH is 1. The van der Waals surface area contributed by atoms with E-state index >= 15 is 0 Å². The molecule has 26 heavy (non-hydrogen) atoms. The van der Waals surface area contributed by atoms with E-state index in [9.17, 15) is 9.50 Å². The van der Waals surface area contributed by atoms with Crippen molar-refractivity contribution in [3.05, 3.63) is 53.0 Å². The summed E-state index contributed by atoms with van der Waals surface area (Å²) >= 11 is 6.28. The minimum Gasteiger partial charge on any atom is -0.390 e. The van der Waals surface area contributed by atoms with Crippen molar-refractivity contribution >= 4 is 28.2 Å². The summed E-state index contributed by atoms with van der Waals surface area (Å²) in [6.45, 7) is 4.75. The lowest BCUT2D eigenvalue weighted by molar-refractivity contribution is -0.427. The van der Waals surface area contributed by atoms with Crippen LogP contribution in [0.3, 0.4) is 0 Å². The second kappa shape index (κ2) is 7.72. The van der Waals surface area contributed by atoms with Crippen LogP contribution < -0.4 is 5.32 Å². The van der Waals surface area contributed by atoms with E-state index in [0.29, 0.717) is 23.0 Å². The first-order valence-electron chi connectivity index (χ1n) is 8.84. The van der Waals surface area contributed by atoms with Crippen molar-refractivity contribution in [2.75, 3.05) is 13.1 Å². The molecule has 1 aliphatic heterocycles. The van der Waals surface area contributed by atoms with Gasteiger partial charge in [-0.1, -0.05) is 0 Å². The molecule has 1 fully saturated rings. The fourth-order valence-electron chi connectivity index (χ4n) is 2.93. The Morgan fingerprint density at radius 2 is 2.23 bits per heavy atom. The fraction of sp³-hybridized carbons (Fsp3) is 0.400. The standard InChI is InChI=1S/C20H24ClFN3O/c1-12(23)15(10-24-9-14-3-4-14)11-25-19(8-20(25)21)17-6-5-16(22)7-18(17)13(2)26/h5-8,10,13-14,23-24,26H,3-4,9,11H2,1-2H3/q+1/b15-10-,23-12?/t13-/m1/s1. The molecule has 0 spiro atoms. The molecule has 138 valence electrons. The van der Waals surface area contributed by atoms with E-state index in [1.54, 1.807) is 26.0 Å². The van der Waals surface area contributed by atoms with Crippen LogP contribution in [0.2, 0.25) is 0 Å². The molecular formula is C20H24ClFN3O+. The predicted octanol–water partition coefficient (Wildman–Crippen LogP) is 3.81. The summed E-state index contributed by atoms with van der Waals surface area (Å²) in [5.74, 6) is 0.368. The van der Waals surface area contributed by atoms with Gasteiger partial charge in [-0.25, -0.2) is 4.39 Å². The third kappa shape index (κ3) is 4.22. The van der Waals surface area contributed by atoms with E-state index in [1.807, 2.05) is 10.8 Å². The van der Waals surface area contributed by atoms with Gasteiger partial charge in [-0.05, 0) is 68.0 Å². The molecule has 1 saturated carbocycles. The van der Waals surface area contributed by atoms with Gasteiger partial charge in [-0.3, -0.25) is 0 Å². The minimum atomic E-state index is -0.789. The molecule has 0 unspecified atom stereocenters. The largest absolute Gasteiger partial charge is 0.390 e. The van der Waals surface area contributed by atoms with Gasteiger partial charge in [0.05, 0.1) is 23.3 Å². The average Bonchev–Trinajstić information content (AvgIpc) is 3.39. The zero-order chi connectivity index (χ0) is 18.8. The van der Waals surface area contributed by atoms with Crippen LogP contribution in [0.1, 0.15) is 43.9 Å². The smallest absolute Gasteiger partial charge is 0.282 e. The van der Waals surface area contributed by atoms with Crippen LogP contribution in [0.15, 0.2) is 36.0 Å². The van der Waals surface area contributed by atoms with Crippen LogP contribution >= 0.6 is 11.6 Å². The number of benzene rings is 1. The molecule has 1 atom stereocenters. The topological polar surface area (TPSA) is 59.1 Å². The summed E-state index contributed by atoms with van der Waals surface area (Å²) < 4.78 is 15.4. The average molecular weight is 377 g/mol. The third-order valence-corrected chi connectivity index (χ3v) is 5.05. The van der Waals surface area contributed by atoms with E-state index < -0.39 is 6.10 Å². The molecule has 0 saturated heterocycles. The SMILES string of the molecule is CC(=N)/C(=C\NCC1CC1)C[N+]1=C(Cl)C=C1c1ccc(F)cc1[C@@H](C)O. The lowest BCUT2D eigenvalue weighted by atomic mass is 9.97. The van der Waals surface area contributed by atoms with Crippen LogP contribution in [0.25, 0.3) is 5.70 Å². The maximum Gasteiger partial charge on any atom is 0.282 e. The first-order chi connectivity index (χ1) is 12.4. The molecule has 0 bridgehead atoms. The fourth-order valence-corrected chi connectivity index (χ4v) is 3.18. The van der Waals surface area contributed by atoms with Crippen molar-refractivity contribution in [1.82, 2.24) is 5.32 Å². The maximum atomic E-state index is 13.6. The zero-order valence-corrected chi connectivity index (χ0v) is 15.8. The van der Waals surface area contributed by atoms with Gasteiger partial charge < -0.3 is 15.8 Å². The Labute approximate surface area is 158 Å². The van der Waals surface area contributed by atoms with Crippen LogP contribution in [0, 0.1) is 17.1 Å². The summed E-state index contributed by atoms with van der Waals surface area (Å²) in [7, 11) is 0. The van der Waals surface area contributed by atoms with E-state index in [1.165, 1.54) is 25.0 Å². The number of hydrogen-bond acceptors (Lipinski definition) is 3. The first kappa shape index (κ1) is 18.8. The molecular weight excluding hydrogens is 353 g/mol. The third-order valence-electron chi connectivity index (χ3n) is 4.73. The summed E-state index contributed by atoms with van der Waals surface area (Å²) in [5.41, 5.74) is 3.40. The van der Waals surface area contributed by atoms with Crippen molar-refractivity contribution in [2.45, 2.75) is 32.8 Å². The Hall–Kier alpha value is -1.98. The predicted molar refractivity (Wildman–Crippen MR) is 103 cm³/mol. The summed E-state index contributed by atoms with van der Waals surface area (Å²) in [6, 6.07) is 4.38. The summed E-state index contributed by atoms with van der Waals surface area (Å²) in [5, 5.41) is 21.9. The van der Waals surface area contributed by atoms with Gasteiger partial charge in [0.15, 0.2) is 6.54 Å². The highest BCUT2D eigenvalue weighted by Crippen LogP contribution is 2.31. The second-order valence-electron chi connectivity index (χ2n) is 6.99. The van der Waals surface area contributed by atoms with Gasteiger partial charge in [-0.15, -0.1) is 0 Å². The highest BCUT2D eigenvalue weighted by Gasteiger charge is 2.33. The lowest BCUT2D eigenvalue weighted by Gasteiger charge is -2.19. The van der Waals surface area contributed by atoms with Crippen molar-refractivity contribution in [2.24, 2.45) is 5.92 Å². The molecule has 3 N–H and O–H groups in total. The van der Waals surface area contributed by atoms with Crippen LogP contribution in [-0.2, 0) is 0 Å².